The molecule has 11 aromatic rings. The Morgan fingerprint density at radius 1 is 0.348 bits per heavy atom. The number of ether oxygens (including phenoxy) is 1. The van der Waals surface area contributed by atoms with Gasteiger partial charge in [0.2, 0.25) is 0 Å². The van der Waals surface area contributed by atoms with Gasteiger partial charge in [-0.2, -0.15) is 0 Å². The normalized spacial score (nSPS) is 14.7. The summed E-state index contributed by atoms with van der Waals surface area (Å²) in [7, 11) is 0. The van der Waals surface area contributed by atoms with E-state index in [1.54, 1.807) is 0 Å². The maximum Gasteiger partial charge on any atom is 0.137 e. The van der Waals surface area contributed by atoms with E-state index in [0.29, 0.717) is 0 Å². The predicted octanol–water partition coefficient (Wildman–Crippen LogP) is 16.4. The summed E-state index contributed by atoms with van der Waals surface area (Å²) in [5.41, 5.74) is 18.8. The number of nitrogens with zero attached hydrogens (tertiary/aromatic N) is 1. The van der Waals surface area contributed by atoms with Crippen LogP contribution < -0.4 is 9.64 Å². The van der Waals surface area contributed by atoms with Crippen LogP contribution in [0.15, 0.2) is 239 Å². The van der Waals surface area contributed by atoms with Crippen LogP contribution in [0, 0.1) is 0 Å². The van der Waals surface area contributed by atoms with Crippen LogP contribution in [0.3, 0.4) is 0 Å². The third kappa shape index (κ3) is 4.54. The lowest BCUT2D eigenvalue weighted by atomic mass is 9.66. The molecule has 4 aliphatic rings. The lowest BCUT2D eigenvalue weighted by Gasteiger charge is -2.40. The summed E-state index contributed by atoms with van der Waals surface area (Å²) in [6.07, 6.45) is 0. The number of anilines is 3. The Balaban J connectivity index is 1.05. The van der Waals surface area contributed by atoms with Crippen molar-refractivity contribution < 1.29 is 9.15 Å². The number of furan rings is 1. The van der Waals surface area contributed by atoms with Crippen molar-refractivity contribution in [1.29, 1.82) is 0 Å². The Bertz CT molecular complexity index is 3790. The quantitative estimate of drug-likeness (QED) is 0.177. The first kappa shape index (κ1) is 36.3. The highest BCUT2D eigenvalue weighted by Gasteiger charge is 2.53. The molecule has 2 aliphatic carbocycles. The molecule has 0 fully saturated rings. The number of hydrogen-bond donors (Lipinski definition) is 0. The molecule has 3 nitrogen and oxygen atoms in total. The van der Waals surface area contributed by atoms with Gasteiger partial charge in [0.15, 0.2) is 0 Å². The molecule has 0 radical (unpaired) electrons. The fourth-order valence-corrected chi connectivity index (χ4v) is 13.5. The Kier molecular flexibility index (Phi) is 7.29. The molecule has 3 heterocycles. The molecule has 66 heavy (non-hydrogen) atoms. The van der Waals surface area contributed by atoms with Gasteiger partial charge in [-0.15, -0.1) is 0 Å². The van der Waals surface area contributed by atoms with Gasteiger partial charge in [-0.3, -0.25) is 0 Å². The van der Waals surface area contributed by atoms with E-state index in [9.17, 15) is 0 Å². The van der Waals surface area contributed by atoms with Gasteiger partial charge in [0.05, 0.1) is 16.5 Å². The molecule has 0 amide bonds. The number of fused-ring (bicyclic) bond motifs is 21. The molecule has 4 heteroatoms. The van der Waals surface area contributed by atoms with Gasteiger partial charge < -0.3 is 14.1 Å². The minimum Gasteiger partial charge on any atom is -0.457 e. The van der Waals surface area contributed by atoms with Crippen molar-refractivity contribution in [3.8, 4) is 33.8 Å². The average Bonchev–Trinajstić information content (AvgIpc) is 3.99. The molecule has 2 spiro atoms. The number of hydrogen-bond acceptors (Lipinski definition) is 4. The smallest absolute Gasteiger partial charge is 0.137 e. The van der Waals surface area contributed by atoms with Gasteiger partial charge in [-0.1, -0.05) is 169 Å². The molecule has 15 rings (SSSR count). The minimum atomic E-state index is -0.613. The van der Waals surface area contributed by atoms with E-state index in [1.807, 2.05) is 17.8 Å². The van der Waals surface area contributed by atoms with Crippen LogP contribution in [0.4, 0.5) is 17.1 Å². The molecule has 0 saturated carbocycles. The summed E-state index contributed by atoms with van der Waals surface area (Å²) < 4.78 is 13.4. The van der Waals surface area contributed by atoms with Gasteiger partial charge in [-0.25, -0.2) is 0 Å². The summed E-state index contributed by atoms with van der Waals surface area (Å²) in [4.78, 5) is 5.07. The molecular weight excluding hydrogens is 823 g/mol. The maximum absolute atomic E-state index is 6.73. The molecular formula is C62H37NO2S. The van der Waals surface area contributed by atoms with Gasteiger partial charge in [0.1, 0.15) is 22.7 Å². The van der Waals surface area contributed by atoms with Crippen LogP contribution in [0.5, 0.6) is 11.5 Å². The monoisotopic (exact) mass is 859 g/mol. The molecule has 0 N–H and O–H groups in total. The van der Waals surface area contributed by atoms with E-state index < -0.39 is 10.8 Å². The van der Waals surface area contributed by atoms with Gasteiger partial charge >= 0.3 is 0 Å². The van der Waals surface area contributed by atoms with Gasteiger partial charge in [-0.05, 0) is 111 Å². The molecule has 0 unspecified atom stereocenters. The molecule has 0 atom stereocenters. The second-order valence-electron chi connectivity index (χ2n) is 17.8. The highest BCUT2D eigenvalue weighted by molar-refractivity contribution is 7.99. The molecule has 1 aromatic heterocycles. The summed E-state index contributed by atoms with van der Waals surface area (Å²) in [6, 6.07) is 82.6. The second-order valence-corrected chi connectivity index (χ2v) is 18.9. The van der Waals surface area contributed by atoms with E-state index in [0.717, 1.165) is 61.6 Å². The number of para-hydroxylation sites is 3. The fraction of sp³-hybridized carbons (Fsp3) is 0.0323. The van der Waals surface area contributed by atoms with E-state index >= 15 is 0 Å². The predicted molar refractivity (Wildman–Crippen MR) is 267 cm³/mol. The summed E-state index contributed by atoms with van der Waals surface area (Å²) in [6.45, 7) is 0. The Morgan fingerprint density at radius 3 is 1.61 bits per heavy atom. The zero-order valence-electron chi connectivity index (χ0n) is 35.5. The molecule has 2 aliphatic heterocycles. The second kappa shape index (κ2) is 13.3. The van der Waals surface area contributed by atoms with Crippen molar-refractivity contribution in [1.82, 2.24) is 0 Å². The lowest BCUT2D eigenvalue weighted by molar-refractivity contribution is 0.436. The first-order chi connectivity index (χ1) is 32.7. The average molecular weight is 860 g/mol. The van der Waals surface area contributed by atoms with Crippen LogP contribution in [0.25, 0.3) is 44.2 Å². The first-order valence-electron chi connectivity index (χ1n) is 22.7. The van der Waals surface area contributed by atoms with Crippen LogP contribution in [0.2, 0.25) is 0 Å². The van der Waals surface area contributed by atoms with Crippen molar-refractivity contribution in [2.45, 2.75) is 20.6 Å². The highest BCUT2D eigenvalue weighted by Crippen LogP contribution is 2.66. The van der Waals surface area contributed by atoms with Crippen molar-refractivity contribution in [2.24, 2.45) is 0 Å². The summed E-state index contributed by atoms with van der Waals surface area (Å²) in [5.74, 6) is 1.76. The van der Waals surface area contributed by atoms with Gasteiger partial charge in [0, 0.05) is 54.7 Å². The zero-order valence-corrected chi connectivity index (χ0v) is 36.4. The van der Waals surface area contributed by atoms with Crippen LogP contribution in [-0.4, -0.2) is 0 Å². The van der Waals surface area contributed by atoms with Crippen LogP contribution >= 0.6 is 11.8 Å². The molecule has 10 aromatic carbocycles. The topological polar surface area (TPSA) is 25.6 Å². The third-order valence-corrected chi connectivity index (χ3v) is 16.0. The van der Waals surface area contributed by atoms with E-state index in [2.05, 4.69) is 223 Å². The van der Waals surface area contributed by atoms with E-state index in [4.69, 9.17) is 9.15 Å². The highest BCUT2D eigenvalue weighted by atomic mass is 32.2. The lowest BCUT2D eigenvalue weighted by Crippen LogP contribution is -2.32. The molecule has 0 saturated heterocycles. The van der Waals surface area contributed by atoms with Crippen molar-refractivity contribution in [3.05, 3.63) is 269 Å². The van der Waals surface area contributed by atoms with Crippen LogP contribution in [0.1, 0.15) is 44.5 Å². The van der Waals surface area contributed by atoms with E-state index in [1.165, 1.54) is 65.4 Å². The maximum atomic E-state index is 6.73. The van der Waals surface area contributed by atoms with E-state index in [-0.39, 0.29) is 0 Å². The Hall–Kier alpha value is -8.05. The minimum absolute atomic E-state index is 0.528. The largest absolute Gasteiger partial charge is 0.457 e. The van der Waals surface area contributed by atoms with Crippen molar-refractivity contribution in [3.63, 3.8) is 0 Å². The van der Waals surface area contributed by atoms with Crippen LogP contribution in [-0.2, 0) is 10.8 Å². The first-order valence-corrected chi connectivity index (χ1v) is 23.5. The summed E-state index contributed by atoms with van der Waals surface area (Å²) >= 11 is 1.88. The fourth-order valence-electron chi connectivity index (χ4n) is 12.3. The number of benzene rings is 10. The van der Waals surface area contributed by atoms with Crippen molar-refractivity contribution in [2.75, 3.05) is 4.90 Å². The molecule has 0 bridgehead atoms. The van der Waals surface area contributed by atoms with Crippen molar-refractivity contribution >= 4 is 50.8 Å². The third-order valence-electron chi connectivity index (χ3n) is 14.8. The summed E-state index contributed by atoms with van der Waals surface area (Å²) in [5, 5.41) is 2.22. The molecule has 308 valence electrons. The van der Waals surface area contributed by atoms with Gasteiger partial charge in [0.25, 0.3) is 0 Å². The standard InChI is InChI=1S/C62H37NO2S/c1-4-19-45-40(16-1)41-34-32-38(36-52(41)62(45)49-23-8-13-30-58(49)66-59-31-14-9-24-50(59)62)63(39-33-35-43-42-17-3-10-27-54(42)64-57(43)37-39)53-26-15-25-51-60(53)44-18-2-5-20-46(44)61(51)47-21-6-11-28-55(47)65-56-29-12-7-22-48(56)61/h1-37H. The Morgan fingerprint density at radius 2 is 0.864 bits per heavy atom. The zero-order chi connectivity index (χ0) is 43.1. The Labute approximate surface area is 386 Å². The number of rotatable bonds is 3. The SMILES string of the molecule is c1ccc2c(c1)Oc1ccccc1C21c2ccccc2-c2c(N(c3ccc4c(c3)C3(c5ccccc5Sc5ccccc53)c3ccccc3-4)c3ccc4c(c3)oc3ccccc34)cccc21.